The predicted octanol–water partition coefficient (Wildman–Crippen LogP) is 4.71. The first-order chi connectivity index (χ1) is 9.84. The van der Waals surface area contributed by atoms with Crippen LogP contribution in [0.15, 0.2) is 34.9 Å². The highest BCUT2D eigenvalue weighted by atomic mass is 79.9. The van der Waals surface area contributed by atoms with Gasteiger partial charge < -0.3 is 4.98 Å². The lowest BCUT2D eigenvalue weighted by Crippen LogP contribution is -2.05. The number of rotatable bonds is 1. The summed E-state index contributed by atoms with van der Waals surface area (Å²) in [5.74, 6) is 0.444. The van der Waals surface area contributed by atoms with Crippen LogP contribution < -0.4 is 0 Å². The highest BCUT2D eigenvalue weighted by Gasteiger charge is 2.30. The summed E-state index contributed by atoms with van der Waals surface area (Å²) in [5.41, 5.74) is 2.14. The van der Waals surface area contributed by atoms with Crippen LogP contribution >= 0.6 is 15.9 Å². The van der Waals surface area contributed by atoms with Gasteiger partial charge in [0.1, 0.15) is 5.69 Å². The Labute approximate surface area is 126 Å². The fourth-order valence-corrected chi connectivity index (χ4v) is 2.64. The van der Waals surface area contributed by atoms with Gasteiger partial charge in [-0.25, -0.2) is 4.98 Å². The number of nitrogens with one attached hydrogen (secondary N) is 1. The number of aryl methyl sites for hydroxylation is 1. The first kappa shape index (κ1) is 14.1. The largest absolute Gasteiger partial charge is 0.417 e. The van der Waals surface area contributed by atoms with Crippen molar-refractivity contribution in [2.45, 2.75) is 13.1 Å². The molecule has 0 bridgehead atoms. The molecule has 0 radical (unpaired) electrons. The Hall–Kier alpha value is -1.89. The van der Waals surface area contributed by atoms with E-state index in [1.54, 1.807) is 0 Å². The number of benzene rings is 1. The van der Waals surface area contributed by atoms with Gasteiger partial charge in [0.05, 0.1) is 16.6 Å². The number of aromatic amines is 1. The van der Waals surface area contributed by atoms with Gasteiger partial charge in [-0.3, -0.25) is 4.98 Å². The summed E-state index contributed by atoms with van der Waals surface area (Å²) in [7, 11) is 0. The smallest absolute Gasteiger partial charge is 0.337 e. The molecule has 3 rings (SSSR count). The molecule has 0 saturated heterocycles. The minimum atomic E-state index is -4.39. The first-order valence-electron chi connectivity index (χ1n) is 6.04. The number of nitrogens with zero attached hydrogens (tertiary/aromatic N) is 2. The second-order valence-electron chi connectivity index (χ2n) is 4.63. The van der Waals surface area contributed by atoms with Gasteiger partial charge in [0, 0.05) is 10.7 Å². The number of alkyl halides is 3. The molecule has 2 aromatic heterocycles. The Kier molecular flexibility index (Phi) is 3.24. The number of hydrogen-bond acceptors (Lipinski definition) is 2. The van der Waals surface area contributed by atoms with Crippen molar-refractivity contribution in [2.24, 2.45) is 0 Å². The molecule has 0 saturated carbocycles. The van der Waals surface area contributed by atoms with Crippen molar-refractivity contribution >= 4 is 27.0 Å². The molecule has 0 aliphatic heterocycles. The molecule has 3 aromatic rings. The monoisotopic (exact) mass is 355 g/mol. The number of imidazole rings is 1. The third-order valence-electron chi connectivity index (χ3n) is 3.08. The van der Waals surface area contributed by atoms with E-state index in [0.717, 1.165) is 33.3 Å². The zero-order valence-corrected chi connectivity index (χ0v) is 12.4. The molecule has 0 aliphatic carbocycles. The minimum Gasteiger partial charge on any atom is -0.337 e. The summed E-state index contributed by atoms with van der Waals surface area (Å²) in [5, 5.41) is 0. The molecule has 0 atom stereocenters. The molecule has 0 amide bonds. The fraction of sp³-hybridized carbons (Fsp3) is 0.143. The molecule has 21 heavy (non-hydrogen) atoms. The predicted molar refractivity (Wildman–Crippen MR) is 76.8 cm³/mol. The average Bonchev–Trinajstić information content (AvgIpc) is 2.82. The van der Waals surface area contributed by atoms with E-state index in [2.05, 4.69) is 30.9 Å². The van der Waals surface area contributed by atoms with E-state index < -0.39 is 11.7 Å². The minimum absolute atomic E-state index is 0.370. The maximum atomic E-state index is 12.5. The number of pyridine rings is 1. The third kappa shape index (κ3) is 2.65. The maximum absolute atomic E-state index is 12.5. The zero-order valence-electron chi connectivity index (χ0n) is 10.8. The highest BCUT2D eigenvalue weighted by Crippen LogP contribution is 2.30. The van der Waals surface area contributed by atoms with Crippen molar-refractivity contribution in [1.29, 1.82) is 0 Å². The molecular formula is C14H9BrF3N3. The van der Waals surface area contributed by atoms with E-state index >= 15 is 0 Å². The highest BCUT2D eigenvalue weighted by molar-refractivity contribution is 9.10. The lowest BCUT2D eigenvalue weighted by molar-refractivity contribution is -0.137. The van der Waals surface area contributed by atoms with Crippen molar-refractivity contribution in [3.05, 3.63) is 46.1 Å². The topological polar surface area (TPSA) is 41.6 Å². The molecule has 1 N–H and O–H groups in total. The van der Waals surface area contributed by atoms with Gasteiger partial charge in [-0.1, -0.05) is 15.9 Å². The lowest BCUT2D eigenvalue weighted by atomic mass is 10.2. The lowest BCUT2D eigenvalue weighted by Gasteiger charge is -2.05. The summed E-state index contributed by atoms with van der Waals surface area (Å²) >= 11 is 3.39. The SMILES string of the molecule is Cc1cc(Br)cc2[nH]c(-c3ccc(C(F)(F)F)cn3)nc12. The van der Waals surface area contributed by atoms with Crippen LogP contribution in [-0.4, -0.2) is 15.0 Å². The normalized spacial score (nSPS) is 12.0. The molecule has 2 heterocycles. The van der Waals surface area contributed by atoms with Crippen LogP contribution in [0.5, 0.6) is 0 Å². The third-order valence-corrected chi connectivity index (χ3v) is 3.53. The fourth-order valence-electron chi connectivity index (χ4n) is 2.07. The van der Waals surface area contributed by atoms with Gasteiger partial charge in [-0.05, 0) is 36.8 Å². The molecule has 0 unspecified atom stereocenters. The van der Waals surface area contributed by atoms with E-state index in [-0.39, 0.29) is 0 Å². The van der Waals surface area contributed by atoms with Gasteiger partial charge in [0.2, 0.25) is 0 Å². The van der Waals surface area contributed by atoms with E-state index in [0.29, 0.717) is 11.5 Å². The first-order valence-corrected chi connectivity index (χ1v) is 6.83. The number of H-pyrrole nitrogens is 1. The average molecular weight is 356 g/mol. The quantitative estimate of drug-likeness (QED) is 0.686. The van der Waals surface area contributed by atoms with Crippen LogP contribution in [0.1, 0.15) is 11.1 Å². The summed E-state index contributed by atoms with van der Waals surface area (Å²) in [6.07, 6.45) is -3.58. The van der Waals surface area contributed by atoms with E-state index in [9.17, 15) is 13.2 Å². The van der Waals surface area contributed by atoms with Gasteiger partial charge >= 0.3 is 6.18 Å². The Morgan fingerprint density at radius 1 is 1.19 bits per heavy atom. The second-order valence-corrected chi connectivity index (χ2v) is 5.55. The van der Waals surface area contributed by atoms with Crippen molar-refractivity contribution in [1.82, 2.24) is 15.0 Å². The van der Waals surface area contributed by atoms with Crippen LogP contribution in [0.4, 0.5) is 13.2 Å². The summed E-state index contributed by atoms with van der Waals surface area (Å²) in [6.45, 7) is 1.91. The van der Waals surface area contributed by atoms with Gasteiger partial charge in [-0.2, -0.15) is 13.2 Å². The Balaban J connectivity index is 2.06. The van der Waals surface area contributed by atoms with Crippen molar-refractivity contribution in [2.75, 3.05) is 0 Å². The van der Waals surface area contributed by atoms with Gasteiger partial charge in [0.25, 0.3) is 0 Å². The van der Waals surface area contributed by atoms with Crippen molar-refractivity contribution in [3.8, 4) is 11.5 Å². The van der Waals surface area contributed by atoms with Crippen molar-refractivity contribution < 1.29 is 13.2 Å². The van der Waals surface area contributed by atoms with Crippen LogP contribution in [0, 0.1) is 6.92 Å². The summed E-state index contributed by atoms with van der Waals surface area (Å²) < 4.78 is 38.5. The van der Waals surface area contributed by atoms with Crippen LogP contribution in [0.3, 0.4) is 0 Å². The zero-order chi connectivity index (χ0) is 15.2. The maximum Gasteiger partial charge on any atom is 0.417 e. The summed E-state index contributed by atoms with van der Waals surface area (Å²) in [4.78, 5) is 11.3. The Morgan fingerprint density at radius 3 is 2.57 bits per heavy atom. The molecule has 1 aromatic carbocycles. The molecule has 0 aliphatic rings. The molecule has 7 heteroatoms. The molecular weight excluding hydrogens is 347 g/mol. The molecule has 0 fully saturated rings. The number of halogens is 4. The number of hydrogen-bond donors (Lipinski definition) is 1. The van der Waals surface area contributed by atoms with Crippen LogP contribution in [0.2, 0.25) is 0 Å². The Morgan fingerprint density at radius 2 is 1.95 bits per heavy atom. The van der Waals surface area contributed by atoms with Crippen molar-refractivity contribution in [3.63, 3.8) is 0 Å². The van der Waals surface area contributed by atoms with Crippen LogP contribution in [0.25, 0.3) is 22.6 Å². The standard InChI is InChI=1S/C14H9BrF3N3/c1-7-4-9(15)5-11-12(7)21-13(20-11)10-3-2-8(6-19-10)14(16,17)18/h2-6H,1H3,(H,20,21). The molecule has 108 valence electrons. The second kappa shape index (κ2) is 4.84. The van der Waals surface area contributed by atoms with E-state index in [1.807, 2.05) is 19.1 Å². The molecule has 3 nitrogen and oxygen atoms in total. The molecule has 0 spiro atoms. The Bertz CT molecular complexity index is 807. The van der Waals surface area contributed by atoms with E-state index in [4.69, 9.17) is 0 Å². The van der Waals surface area contributed by atoms with Gasteiger partial charge in [-0.15, -0.1) is 0 Å². The van der Waals surface area contributed by atoms with Gasteiger partial charge in [0.15, 0.2) is 5.82 Å². The van der Waals surface area contributed by atoms with E-state index in [1.165, 1.54) is 6.07 Å². The number of fused-ring (bicyclic) bond motifs is 1. The van der Waals surface area contributed by atoms with Crippen LogP contribution in [-0.2, 0) is 6.18 Å². The number of aromatic nitrogens is 3. The summed E-state index contributed by atoms with van der Waals surface area (Å²) in [6, 6.07) is 6.10.